The standard InChI is InChI=1S/C11H11ClN2/c1-2-7-3-4-10-8(5-7)11(12)9(13)6-14-10/h3-6H,2,13H2,1H3. The predicted molar refractivity (Wildman–Crippen MR) is 60.5 cm³/mol. The zero-order valence-corrected chi connectivity index (χ0v) is 8.67. The van der Waals surface area contributed by atoms with Crippen molar-refractivity contribution in [3.05, 3.63) is 35.0 Å². The average molecular weight is 207 g/mol. The van der Waals surface area contributed by atoms with Gasteiger partial charge in [0.25, 0.3) is 0 Å². The summed E-state index contributed by atoms with van der Waals surface area (Å²) in [5.41, 5.74) is 8.35. The molecule has 0 unspecified atom stereocenters. The molecule has 2 N–H and O–H groups in total. The number of benzene rings is 1. The fourth-order valence-corrected chi connectivity index (χ4v) is 1.64. The van der Waals surface area contributed by atoms with Crippen LogP contribution in [-0.4, -0.2) is 4.98 Å². The molecule has 0 aliphatic heterocycles. The maximum absolute atomic E-state index is 6.09. The van der Waals surface area contributed by atoms with E-state index in [-0.39, 0.29) is 0 Å². The highest BCUT2D eigenvalue weighted by atomic mass is 35.5. The second kappa shape index (κ2) is 3.46. The van der Waals surface area contributed by atoms with E-state index >= 15 is 0 Å². The third-order valence-corrected chi connectivity index (χ3v) is 2.72. The van der Waals surface area contributed by atoms with Gasteiger partial charge in [-0.1, -0.05) is 24.6 Å². The van der Waals surface area contributed by atoms with Crippen molar-refractivity contribution in [1.82, 2.24) is 4.98 Å². The van der Waals surface area contributed by atoms with Crippen molar-refractivity contribution in [2.75, 3.05) is 5.73 Å². The molecule has 0 saturated carbocycles. The molecule has 3 heteroatoms. The first-order chi connectivity index (χ1) is 6.72. The maximum Gasteiger partial charge on any atom is 0.0745 e. The highest BCUT2D eigenvalue weighted by Gasteiger charge is 2.04. The van der Waals surface area contributed by atoms with Crippen molar-refractivity contribution < 1.29 is 0 Å². The first-order valence-corrected chi connectivity index (χ1v) is 4.92. The topological polar surface area (TPSA) is 38.9 Å². The predicted octanol–water partition coefficient (Wildman–Crippen LogP) is 3.03. The lowest BCUT2D eigenvalue weighted by Gasteiger charge is -2.04. The van der Waals surface area contributed by atoms with Crippen LogP contribution < -0.4 is 5.73 Å². The summed E-state index contributed by atoms with van der Waals surface area (Å²) >= 11 is 6.09. The SMILES string of the molecule is CCc1ccc2ncc(N)c(Cl)c2c1. The van der Waals surface area contributed by atoms with E-state index in [1.54, 1.807) is 6.20 Å². The molecule has 14 heavy (non-hydrogen) atoms. The Morgan fingerprint density at radius 3 is 2.93 bits per heavy atom. The number of anilines is 1. The molecule has 2 aromatic rings. The molecule has 0 spiro atoms. The number of fused-ring (bicyclic) bond motifs is 1. The second-order valence-corrected chi connectivity index (χ2v) is 3.61. The third kappa shape index (κ3) is 1.42. The van der Waals surface area contributed by atoms with Gasteiger partial charge in [0.05, 0.1) is 22.4 Å². The van der Waals surface area contributed by atoms with Gasteiger partial charge < -0.3 is 5.73 Å². The van der Waals surface area contributed by atoms with Crippen LogP contribution in [0.25, 0.3) is 10.9 Å². The molecule has 0 aliphatic carbocycles. The van der Waals surface area contributed by atoms with Crippen LogP contribution in [0.2, 0.25) is 5.02 Å². The number of hydrogen-bond donors (Lipinski definition) is 1. The zero-order valence-electron chi connectivity index (χ0n) is 7.92. The normalized spacial score (nSPS) is 10.7. The molecule has 2 nitrogen and oxygen atoms in total. The minimum Gasteiger partial charge on any atom is -0.396 e. The molecule has 0 saturated heterocycles. The Labute approximate surface area is 87.7 Å². The Morgan fingerprint density at radius 2 is 2.21 bits per heavy atom. The molecule has 0 fully saturated rings. The van der Waals surface area contributed by atoms with Gasteiger partial charge in [0.15, 0.2) is 0 Å². The minimum atomic E-state index is 0.535. The van der Waals surface area contributed by atoms with Gasteiger partial charge in [0.1, 0.15) is 0 Å². The van der Waals surface area contributed by atoms with Crippen LogP contribution in [0.1, 0.15) is 12.5 Å². The first kappa shape index (κ1) is 9.28. The smallest absolute Gasteiger partial charge is 0.0745 e. The van der Waals surface area contributed by atoms with Crippen LogP contribution in [0, 0.1) is 0 Å². The van der Waals surface area contributed by atoms with E-state index in [4.69, 9.17) is 17.3 Å². The summed E-state index contributed by atoms with van der Waals surface area (Å²) in [6.07, 6.45) is 2.58. The van der Waals surface area contributed by atoms with Crippen molar-refractivity contribution >= 4 is 28.2 Å². The van der Waals surface area contributed by atoms with E-state index in [2.05, 4.69) is 18.0 Å². The number of halogens is 1. The number of aryl methyl sites for hydroxylation is 1. The quantitative estimate of drug-likeness (QED) is 0.779. The molecule has 1 heterocycles. The molecule has 0 aliphatic rings. The number of hydrogen-bond acceptors (Lipinski definition) is 2. The minimum absolute atomic E-state index is 0.535. The number of nitrogens with zero attached hydrogens (tertiary/aromatic N) is 1. The van der Waals surface area contributed by atoms with Gasteiger partial charge in [-0.15, -0.1) is 0 Å². The number of aromatic nitrogens is 1. The summed E-state index contributed by atoms with van der Waals surface area (Å²) in [4.78, 5) is 4.21. The maximum atomic E-state index is 6.09. The van der Waals surface area contributed by atoms with E-state index < -0.39 is 0 Å². The van der Waals surface area contributed by atoms with Crippen molar-refractivity contribution in [3.63, 3.8) is 0 Å². The van der Waals surface area contributed by atoms with E-state index in [0.29, 0.717) is 10.7 Å². The molecular weight excluding hydrogens is 196 g/mol. The molecule has 0 atom stereocenters. The van der Waals surface area contributed by atoms with Gasteiger partial charge in [-0.25, -0.2) is 0 Å². The summed E-state index contributed by atoms with van der Waals surface area (Å²) in [6.45, 7) is 2.11. The number of nitrogens with two attached hydrogens (primary N) is 1. The van der Waals surface area contributed by atoms with E-state index in [0.717, 1.165) is 17.3 Å². The Balaban J connectivity index is 2.78. The van der Waals surface area contributed by atoms with Crippen LogP contribution >= 0.6 is 11.6 Å². The number of nitrogen functional groups attached to an aromatic ring is 1. The summed E-state index contributed by atoms with van der Waals surface area (Å²) in [5.74, 6) is 0. The average Bonchev–Trinajstić information content (AvgIpc) is 2.23. The van der Waals surface area contributed by atoms with Crippen LogP contribution in [0.4, 0.5) is 5.69 Å². The van der Waals surface area contributed by atoms with Gasteiger partial charge in [-0.3, -0.25) is 4.98 Å². The molecule has 1 aromatic carbocycles. The molecule has 72 valence electrons. The lowest BCUT2D eigenvalue weighted by atomic mass is 10.1. The Morgan fingerprint density at radius 1 is 1.43 bits per heavy atom. The second-order valence-electron chi connectivity index (χ2n) is 3.23. The van der Waals surface area contributed by atoms with Crippen molar-refractivity contribution in [1.29, 1.82) is 0 Å². The number of pyridine rings is 1. The fraction of sp³-hybridized carbons (Fsp3) is 0.182. The molecular formula is C11H11ClN2. The number of rotatable bonds is 1. The van der Waals surface area contributed by atoms with Crippen molar-refractivity contribution in [2.24, 2.45) is 0 Å². The van der Waals surface area contributed by atoms with Crippen LogP contribution in [0.5, 0.6) is 0 Å². The summed E-state index contributed by atoms with van der Waals surface area (Å²) < 4.78 is 0. The summed E-state index contributed by atoms with van der Waals surface area (Å²) in [5, 5.41) is 1.54. The zero-order chi connectivity index (χ0) is 10.1. The lowest BCUT2D eigenvalue weighted by molar-refractivity contribution is 1.14. The Hall–Kier alpha value is -1.28. The highest BCUT2D eigenvalue weighted by molar-refractivity contribution is 6.37. The van der Waals surface area contributed by atoms with E-state index in [1.165, 1.54) is 5.56 Å². The molecule has 2 rings (SSSR count). The van der Waals surface area contributed by atoms with Gasteiger partial charge in [0, 0.05) is 5.39 Å². The molecule has 1 aromatic heterocycles. The Kier molecular flexibility index (Phi) is 2.30. The molecule has 0 bridgehead atoms. The van der Waals surface area contributed by atoms with Gasteiger partial charge >= 0.3 is 0 Å². The van der Waals surface area contributed by atoms with Crippen LogP contribution in [-0.2, 0) is 6.42 Å². The van der Waals surface area contributed by atoms with Crippen LogP contribution in [0.15, 0.2) is 24.4 Å². The molecule has 0 amide bonds. The molecule has 0 radical (unpaired) electrons. The summed E-state index contributed by atoms with van der Waals surface area (Å²) in [7, 11) is 0. The highest BCUT2D eigenvalue weighted by Crippen LogP contribution is 2.27. The van der Waals surface area contributed by atoms with Gasteiger partial charge in [-0.05, 0) is 24.1 Å². The monoisotopic (exact) mass is 206 g/mol. The van der Waals surface area contributed by atoms with E-state index in [1.807, 2.05) is 12.1 Å². The van der Waals surface area contributed by atoms with Gasteiger partial charge in [-0.2, -0.15) is 0 Å². The van der Waals surface area contributed by atoms with Crippen LogP contribution in [0.3, 0.4) is 0 Å². The van der Waals surface area contributed by atoms with Crippen molar-refractivity contribution in [3.8, 4) is 0 Å². The largest absolute Gasteiger partial charge is 0.396 e. The third-order valence-electron chi connectivity index (χ3n) is 2.30. The van der Waals surface area contributed by atoms with E-state index in [9.17, 15) is 0 Å². The Bertz CT molecular complexity index is 480. The van der Waals surface area contributed by atoms with Crippen molar-refractivity contribution in [2.45, 2.75) is 13.3 Å². The summed E-state index contributed by atoms with van der Waals surface area (Å²) in [6, 6.07) is 6.07. The lowest BCUT2D eigenvalue weighted by Crippen LogP contribution is -1.90. The van der Waals surface area contributed by atoms with Gasteiger partial charge in [0.2, 0.25) is 0 Å². The first-order valence-electron chi connectivity index (χ1n) is 4.55. The fourth-order valence-electron chi connectivity index (χ4n) is 1.44.